The Labute approximate surface area is 373 Å². The second-order valence-electron chi connectivity index (χ2n) is 17.8. The highest BCUT2D eigenvalue weighted by atomic mass is 16.6. The van der Waals surface area contributed by atoms with Gasteiger partial charge in [-0.05, 0) is 70.6 Å². The molecule has 0 radical (unpaired) electrons. The average Bonchev–Trinajstić information content (AvgIpc) is 3.24. The number of hydrogen-bond donors (Lipinski definition) is 0. The van der Waals surface area contributed by atoms with E-state index in [1.54, 1.807) is 0 Å². The van der Waals surface area contributed by atoms with E-state index in [1.807, 2.05) is 0 Å². The number of allylic oxidation sites excluding steroid dienone is 4. The minimum absolute atomic E-state index is 0.0763. The molecule has 0 heterocycles. The van der Waals surface area contributed by atoms with E-state index in [1.165, 1.54) is 167 Å². The van der Waals surface area contributed by atoms with Crippen LogP contribution in [-0.2, 0) is 28.6 Å². The van der Waals surface area contributed by atoms with Gasteiger partial charge in [0.25, 0.3) is 0 Å². The lowest BCUT2D eigenvalue weighted by Gasteiger charge is -2.18. The van der Waals surface area contributed by atoms with Crippen molar-refractivity contribution in [1.29, 1.82) is 0 Å². The highest BCUT2D eigenvalue weighted by Gasteiger charge is 2.19. The molecule has 6 heteroatoms. The summed E-state index contributed by atoms with van der Waals surface area (Å²) in [4.78, 5) is 37.9. The molecule has 0 saturated carbocycles. The molecular weight excluding hydrogens is 745 g/mol. The second kappa shape index (κ2) is 49.5. The van der Waals surface area contributed by atoms with E-state index < -0.39 is 6.10 Å². The number of esters is 3. The van der Waals surface area contributed by atoms with Crippen LogP contribution in [0.2, 0.25) is 0 Å². The number of carbonyl (C=O) groups excluding carboxylic acids is 3. The van der Waals surface area contributed by atoms with E-state index in [9.17, 15) is 14.4 Å². The first-order chi connectivity index (χ1) is 29.5. The molecule has 0 fully saturated rings. The molecule has 0 N–H and O–H groups in total. The summed E-state index contributed by atoms with van der Waals surface area (Å²) in [5.41, 5.74) is 0. The van der Waals surface area contributed by atoms with Gasteiger partial charge >= 0.3 is 17.9 Å². The number of hydrogen-bond acceptors (Lipinski definition) is 6. The van der Waals surface area contributed by atoms with Crippen molar-refractivity contribution in [3.63, 3.8) is 0 Å². The Balaban J connectivity index is 4.37. The van der Waals surface area contributed by atoms with Gasteiger partial charge in [0, 0.05) is 19.3 Å². The maximum Gasteiger partial charge on any atom is 0.306 e. The van der Waals surface area contributed by atoms with Crippen LogP contribution < -0.4 is 0 Å². The van der Waals surface area contributed by atoms with Crippen LogP contribution in [0.3, 0.4) is 0 Å². The van der Waals surface area contributed by atoms with Gasteiger partial charge < -0.3 is 14.2 Å². The van der Waals surface area contributed by atoms with Gasteiger partial charge in [0.1, 0.15) is 13.2 Å². The van der Waals surface area contributed by atoms with E-state index >= 15 is 0 Å². The minimum Gasteiger partial charge on any atom is -0.462 e. The van der Waals surface area contributed by atoms with Gasteiger partial charge in [-0.1, -0.05) is 218 Å². The zero-order chi connectivity index (χ0) is 43.7. The molecule has 6 nitrogen and oxygen atoms in total. The van der Waals surface area contributed by atoms with E-state index in [-0.39, 0.29) is 31.1 Å². The maximum atomic E-state index is 12.8. The molecule has 0 aromatic heterocycles. The van der Waals surface area contributed by atoms with Gasteiger partial charge in [-0.25, -0.2) is 0 Å². The summed E-state index contributed by atoms with van der Waals surface area (Å²) in [7, 11) is 0. The van der Waals surface area contributed by atoms with Crippen molar-refractivity contribution in [2.24, 2.45) is 0 Å². The van der Waals surface area contributed by atoms with Crippen LogP contribution in [0.1, 0.15) is 284 Å². The third kappa shape index (κ3) is 46.9. The molecule has 0 amide bonds. The zero-order valence-electron chi connectivity index (χ0n) is 40.2. The maximum absolute atomic E-state index is 12.8. The lowest BCUT2D eigenvalue weighted by Crippen LogP contribution is -2.30. The van der Waals surface area contributed by atoms with Crippen molar-refractivity contribution >= 4 is 17.9 Å². The molecule has 0 aliphatic heterocycles. The highest BCUT2D eigenvalue weighted by molar-refractivity contribution is 5.71. The van der Waals surface area contributed by atoms with Gasteiger partial charge in [-0.3, -0.25) is 14.4 Å². The summed E-state index contributed by atoms with van der Waals surface area (Å²) >= 11 is 0. The lowest BCUT2D eigenvalue weighted by molar-refractivity contribution is -0.167. The Morgan fingerprint density at radius 3 is 0.850 bits per heavy atom. The second-order valence-corrected chi connectivity index (χ2v) is 17.8. The lowest BCUT2D eigenvalue weighted by atomic mass is 10.0. The number of ether oxygens (including phenoxy) is 3. The van der Waals surface area contributed by atoms with E-state index in [4.69, 9.17) is 14.2 Å². The quantitative estimate of drug-likeness (QED) is 0.0263. The van der Waals surface area contributed by atoms with Crippen LogP contribution in [0.15, 0.2) is 24.3 Å². The van der Waals surface area contributed by atoms with Crippen molar-refractivity contribution < 1.29 is 28.6 Å². The van der Waals surface area contributed by atoms with Crippen LogP contribution in [-0.4, -0.2) is 37.2 Å². The summed E-state index contributed by atoms with van der Waals surface area (Å²) in [5.74, 6) is -0.888. The van der Waals surface area contributed by atoms with Crippen molar-refractivity contribution in [3.8, 4) is 0 Å². The molecule has 0 aliphatic rings. The summed E-state index contributed by atoms with van der Waals surface area (Å²) in [6.45, 7) is 6.63. The number of carbonyl (C=O) groups is 3. The molecule has 0 saturated heterocycles. The normalized spacial score (nSPS) is 12.1. The Bertz CT molecular complexity index is 973. The molecule has 60 heavy (non-hydrogen) atoms. The Kier molecular flexibility index (Phi) is 47.8. The molecule has 0 aromatic rings. The molecule has 352 valence electrons. The first kappa shape index (κ1) is 57.9. The van der Waals surface area contributed by atoms with E-state index in [0.29, 0.717) is 19.3 Å². The van der Waals surface area contributed by atoms with Crippen LogP contribution in [0.25, 0.3) is 0 Å². The molecule has 0 bridgehead atoms. The van der Waals surface area contributed by atoms with Gasteiger partial charge in [-0.15, -0.1) is 0 Å². The minimum atomic E-state index is -0.777. The molecule has 1 atom stereocenters. The fourth-order valence-corrected chi connectivity index (χ4v) is 7.67. The standard InChI is InChI=1S/C54H100O6/c1-4-7-10-13-16-19-22-25-27-28-30-32-35-38-41-44-47-53(56)59-50-51(49-58-52(55)46-43-40-37-34-31-24-21-18-15-12-9-6-3)60-54(57)48-45-42-39-36-33-29-26-23-20-17-14-11-8-5-2/h27-29,33,51H,4-26,30-32,34-50H2,1-3H3/b28-27-,33-29-. The third-order valence-electron chi connectivity index (χ3n) is 11.7. The molecule has 0 spiro atoms. The highest BCUT2D eigenvalue weighted by Crippen LogP contribution is 2.15. The molecule has 0 aromatic carbocycles. The molecule has 1 unspecified atom stereocenters. The van der Waals surface area contributed by atoms with Crippen LogP contribution in [0, 0.1) is 0 Å². The van der Waals surface area contributed by atoms with Gasteiger partial charge in [0.05, 0.1) is 0 Å². The smallest absolute Gasteiger partial charge is 0.306 e. The van der Waals surface area contributed by atoms with Crippen molar-refractivity contribution in [3.05, 3.63) is 24.3 Å². The Hall–Kier alpha value is -2.11. The summed E-state index contributed by atoms with van der Waals surface area (Å²) in [6, 6.07) is 0. The van der Waals surface area contributed by atoms with Gasteiger partial charge in [-0.2, -0.15) is 0 Å². The largest absolute Gasteiger partial charge is 0.462 e. The monoisotopic (exact) mass is 845 g/mol. The molecule has 0 rings (SSSR count). The third-order valence-corrected chi connectivity index (χ3v) is 11.7. The summed E-state index contributed by atoms with van der Waals surface area (Å²) < 4.78 is 16.8. The first-order valence-electron chi connectivity index (χ1n) is 26.3. The predicted molar refractivity (Wildman–Crippen MR) is 256 cm³/mol. The van der Waals surface area contributed by atoms with Crippen LogP contribution in [0.5, 0.6) is 0 Å². The topological polar surface area (TPSA) is 78.9 Å². The fourth-order valence-electron chi connectivity index (χ4n) is 7.67. The first-order valence-corrected chi connectivity index (χ1v) is 26.3. The zero-order valence-corrected chi connectivity index (χ0v) is 40.2. The van der Waals surface area contributed by atoms with E-state index in [0.717, 1.165) is 77.0 Å². The van der Waals surface area contributed by atoms with Crippen molar-refractivity contribution in [1.82, 2.24) is 0 Å². The van der Waals surface area contributed by atoms with E-state index in [2.05, 4.69) is 45.1 Å². The van der Waals surface area contributed by atoms with Crippen molar-refractivity contribution in [2.75, 3.05) is 13.2 Å². The molecular formula is C54H100O6. The van der Waals surface area contributed by atoms with Crippen LogP contribution in [0.4, 0.5) is 0 Å². The summed E-state index contributed by atoms with van der Waals surface area (Å²) in [6.07, 6.45) is 55.9. The number of rotatable bonds is 48. The van der Waals surface area contributed by atoms with Gasteiger partial charge in [0.15, 0.2) is 6.10 Å². The fraction of sp³-hybridized carbons (Fsp3) is 0.870. The summed E-state index contributed by atoms with van der Waals surface area (Å²) in [5, 5.41) is 0. The van der Waals surface area contributed by atoms with Crippen LogP contribution >= 0.6 is 0 Å². The molecule has 0 aliphatic carbocycles. The SMILES string of the molecule is CCCCCCCCC/C=C\CCCCCCCC(=O)OCC(COC(=O)CCCCCCCCCCCCCC)OC(=O)CCCCC/C=C\CCCCCCCCC. The van der Waals surface area contributed by atoms with Gasteiger partial charge in [0.2, 0.25) is 0 Å². The Morgan fingerprint density at radius 2 is 0.550 bits per heavy atom. The Morgan fingerprint density at radius 1 is 0.317 bits per heavy atom. The van der Waals surface area contributed by atoms with Crippen molar-refractivity contribution in [2.45, 2.75) is 290 Å². The average molecular weight is 845 g/mol. The number of unbranched alkanes of at least 4 members (excludes halogenated alkanes) is 33. The predicted octanol–water partition coefficient (Wildman–Crippen LogP) is 17.2.